The van der Waals surface area contributed by atoms with Crippen LogP contribution in [0.1, 0.15) is 28.7 Å². The van der Waals surface area contributed by atoms with Crippen LogP contribution in [0.2, 0.25) is 0 Å². The molecule has 0 fully saturated rings. The van der Waals surface area contributed by atoms with Gasteiger partial charge in [-0.25, -0.2) is 0 Å². The first-order chi connectivity index (χ1) is 8.52. The number of nitrogens with zero attached hydrogens (tertiary/aromatic N) is 1. The maximum absolute atomic E-state index is 12.3. The van der Waals surface area contributed by atoms with E-state index in [9.17, 15) is 9.90 Å². The summed E-state index contributed by atoms with van der Waals surface area (Å²) in [7, 11) is 1.64. The van der Waals surface area contributed by atoms with Crippen LogP contribution in [0.5, 0.6) is 5.88 Å². The zero-order valence-corrected chi connectivity index (χ0v) is 11.0. The molecule has 0 unspecified atom stereocenters. The molecule has 3 rings (SSSR count). The van der Waals surface area contributed by atoms with Crippen molar-refractivity contribution < 1.29 is 5.11 Å². The summed E-state index contributed by atoms with van der Waals surface area (Å²) in [6.45, 7) is 4.15. The van der Waals surface area contributed by atoms with Crippen molar-refractivity contribution in [3.05, 3.63) is 38.7 Å². The lowest BCUT2D eigenvalue weighted by Crippen LogP contribution is -2.21. The molecule has 0 saturated heterocycles. The predicted molar refractivity (Wildman–Crippen MR) is 72.4 cm³/mol. The van der Waals surface area contributed by atoms with Crippen molar-refractivity contribution >= 4 is 10.8 Å². The molecule has 1 aromatic heterocycles. The Morgan fingerprint density at radius 1 is 1.22 bits per heavy atom. The number of pyridine rings is 1. The fourth-order valence-electron chi connectivity index (χ4n) is 3.08. The van der Waals surface area contributed by atoms with Crippen molar-refractivity contribution in [3.8, 4) is 5.88 Å². The molecule has 0 atom stereocenters. The highest BCUT2D eigenvalue weighted by Crippen LogP contribution is 2.35. The summed E-state index contributed by atoms with van der Waals surface area (Å²) in [6.07, 6.45) is 2.90. The van der Waals surface area contributed by atoms with Crippen molar-refractivity contribution in [1.29, 1.82) is 0 Å². The van der Waals surface area contributed by atoms with Crippen molar-refractivity contribution in [2.24, 2.45) is 7.05 Å². The van der Waals surface area contributed by atoms with Crippen molar-refractivity contribution in [2.45, 2.75) is 33.1 Å². The predicted octanol–water partition coefficient (Wildman–Crippen LogP) is 2.35. The minimum atomic E-state index is -0.0995. The molecule has 1 aliphatic rings. The molecule has 94 valence electrons. The number of hydrogen-bond donors (Lipinski definition) is 1. The molecule has 1 heterocycles. The van der Waals surface area contributed by atoms with Crippen LogP contribution in [0.4, 0.5) is 0 Å². The number of aromatic hydroxyl groups is 1. The molecule has 3 nitrogen and oxygen atoms in total. The van der Waals surface area contributed by atoms with Crippen LogP contribution in [0.3, 0.4) is 0 Å². The molecule has 18 heavy (non-hydrogen) atoms. The third-order valence-corrected chi connectivity index (χ3v) is 4.25. The van der Waals surface area contributed by atoms with E-state index in [2.05, 4.69) is 6.92 Å². The van der Waals surface area contributed by atoms with Gasteiger partial charge < -0.3 is 5.11 Å². The lowest BCUT2D eigenvalue weighted by Gasteiger charge is -2.22. The van der Waals surface area contributed by atoms with Gasteiger partial charge in [0.25, 0.3) is 5.56 Å². The molecular weight excluding hydrogens is 226 g/mol. The highest BCUT2D eigenvalue weighted by Gasteiger charge is 2.22. The monoisotopic (exact) mass is 243 g/mol. The van der Waals surface area contributed by atoms with Crippen LogP contribution in [-0.2, 0) is 19.9 Å². The van der Waals surface area contributed by atoms with Gasteiger partial charge in [0.05, 0.1) is 0 Å². The van der Waals surface area contributed by atoms with E-state index in [1.165, 1.54) is 15.7 Å². The van der Waals surface area contributed by atoms with Crippen LogP contribution in [0.15, 0.2) is 10.9 Å². The van der Waals surface area contributed by atoms with Crippen LogP contribution in [0.25, 0.3) is 10.8 Å². The second-order valence-electron chi connectivity index (χ2n) is 5.24. The Kier molecular flexibility index (Phi) is 2.27. The van der Waals surface area contributed by atoms with Crippen molar-refractivity contribution in [2.75, 3.05) is 0 Å². The van der Waals surface area contributed by atoms with Crippen molar-refractivity contribution in [1.82, 2.24) is 4.57 Å². The van der Waals surface area contributed by atoms with Crippen LogP contribution < -0.4 is 5.56 Å². The minimum absolute atomic E-state index is 0.0995. The van der Waals surface area contributed by atoms with E-state index < -0.39 is 0 Å². The molecule has 0 spiro atoms. The SMILES string of the molecule is Cc1cc2c(=O)n(C)c(O)c3c2c(c1C)CCC3. The van der Waals surface area contributed by atoms with Crippen LogP contribution in [-0.4, -0.2) is 9.67 Å². The average molecular weight is 243 g/mol. The lowest BCUT2D eigenvalue weighted by molar-refractivity contribution is 0.416. The van der Waals surface area contributed by atoms with Gasteiger partial charge in [-0.15, -0.1) is 0 Å². The highest BCUT2D eigenvalue weighted by molar-refractivity contribution is 5.92. The second kappa shape index (κ2) is 3.61. The molecule has 1 aromatic carbocycles. The Hall–Kier alpha value is -1.77. The fraction of sp³-hybridized carbons (Fsp3) is 0.400. The largest absolute Gasteiger partial charge is 0.494 e. The highest BCUT2D eigenvalue weighted by atomic mass is 16.3. The Morgan fingerprint density at radius 3 is 2.61 bits per heavy atom. The lowest BCUT2D eigenvalue weighted by atomic mass is 9.85. The smallest absolute Gasteiger partial charge is 0.260 e. The zero-order chi connectivity index (χ0) is 13.0. The fourth-order valence-corrected chi connectivity index (χ4v) is 3.08. The quantitative estimate of drug-likeness (QED) is 0.771. The molecular formula is C15H17NO2. The summed E-state index contributed by atoms with van der Waals surface area (Å²) in [5.74, 6) is 0.136. The van der Waals surface area contributed by atoms with E-state index in [4.69, 9.17) is 0 Å². The molecule has 0 radical (unpaired) electrons. The first-order valence-electron chi connectivity index (χ1n) is 6.36. The van der Waals surface area contributed by atoms with Gasteiger partial charge in [-0.1, -0.05) is 0 Å². The van der Waals surface area contributed by atoms with Gasteiger partial charge in [-0.3, -0.25) is 9.36 Å². The number of rotatable bonds is 0. The Morgan fingerprint density at radius 2 is 1.89 bits per heavy atom. The van der Waals surface area contributed by atoms with Gasteiger partial charge in [0.2, 0.25) is 0 Å². The van der Waals surface area contributed by atoms with Gasteiger partial charge in [-0.2, -0.15) is 0 Å². The standard InChI is InChI=1S/C15H17NO2/c1-8-7-12-13-10(9(8)2)5-4-6-11(13)14(17)16(3)15(12)18/h7,17H,4-6H2,1-3H3. The topological polar surface area (TPSA) is 42.2 Å². The second-order valence-corrected chi connectivity index (χ2v) is 5.24. The molecule has 0 saturated carbocycles. The van der Waals surface area contributed by atoms with E-state index >= 15 is 0 Å². The number of benzene rings is 1. The number of aromatic nitrogens is 1. The molecule has 1 N–H and O–H groups in total. The Labute approximate surface area is 106 Å². The number of aryl methyl sites for hydroxylation is 3. The molecule has 1 aliphatic carbocycles. The summed E-state index contributed by atoms with van der Waals surface area (Å²) in [6, 6.07) is 1.96. The van der Waals surface area contributed by atoms with Gasteiger partial charge in [-0.05, 0) is 61.3 Å². The third-order valence-electron chi connectivity index (χ3n) is 4.25. The Bertz CT molecular complexity index is 716. The summed E-state index contributed by atoms with van der Waals surface area (Å²) >= 11 is 0. The van der Waals surface area contributed by atoms with E-state index in [0.717, 1.165) is 41.2 Å². The van der Waals surface area contributed by atoms with Crippen molar-refractivity contribution in [3.63, 3.8) is 0 Å². The molecule has 0 aliphatic heterocycles. The van der Waals surface area contributed by atoms with E-state index in [0.29, 0.717) is 0 Å². The van der Waals surface area contributed by atoms with E-state index in [1.54, 1.807) is 7.05 Å². The summed E-state index contributed by atoms with van der Waals surface area (Å²) in [5.41, 5.74) is 4.51. The van der Waals surface area contributed by atoms with E-state index in [1.807, 2.05) is 13.0 Å². The number of hydrogen-bond acceptors (Lipinski definition) is 2. The maximum Gasteiger partial charge on any atom is 0.260 e. The first kappa shape index (κ1) is 11.3. The Balaban J connectivity index is 2.64. The molecule has 0 bridgehead atoms. The summed E-state index contributed by atoms with van der Waals surface area (Å²) in [4.78, 5) is 12.3. The maximum atomic E-state index is 12.3. The van der Waals surface area contributed by atoms with Gasteiger partial charge in [0.1, 0.15) is 0 Å². The van der Waals surface area contributed by atoms with Crippen LogP contribution >= 0.6 is 0 Å². The minimum Gasteiger partial charge on any atom is -0.494 e. The van der Waals surface area contributed by atoms with E-state index in [-0.39, 0.29) is 11.4 Å². The molecule has 2 aromatic rings. The third kappa shape index (κ3) is 1.27. The van der Waals surface area contributed by atoms with Crippen LogP contribution in [0, 0.1) is 13.8 Å². The normalized spacial score (nSPS) is 14.2. The molecule has 0 amide bonds. The first-order valence-corrected chi connectivity index (χ1v) is 6.36. The van der Waals surface area contributed by atoms with Gasteiger partial charge >= 0.3 is 0 Å². The zero-order valence-electron chi connectivity index (χ0n) is 11.0. The molecule has 3 heteroatoms. The van der Waals surface area contributed by atoms with Gasteiger partial charge in [0, 0.05) is 18.0 Å². The average Bonchev–Trinajstić information content (AvgIpc) is 2.38. The summed E-state index contributed by atoms with van der Waals surface area (Å²) < 4.78 is 1.36. The summed E-state index contributed by atoms with van der Waals surface area (Å²) in [5, 5.41) is 11.9. The van der Waals surface area contributed by atoms with Gasteiger partial charge in [0.15, 0.2) is 5.88 Å².